The van der Waals surface area contributed by atoms with Crippen molar-refractivity contribution in [1.82, 2.24) is 9.97 Å². The Morgan fingerprint density at radius 1 is 1.41 bits per heavy atom. The molecule has 1 aromatic carbocycles. The van der Waals surface area contributed by atoms with Crippen LogP contribution in [0.15, 0.2) is 18.2 Å². The number of hydrogen-bond donors (Lipinski definition) is 3. The minimum Gasteiger partial charge on any atom is -0.394 e. The lowest BCUT2D eigenvalue weighted by atomic mass is 9.87. The van der Waals surface area contributed by atoms with Gasteiger partial charge in [0.2, 0.25) is 0 Å². The van der Waals surface area contributed by atoms with Gasteiger partial charge in [-0.25, -0.2) is 4.98 Å². The van der Waals surface area contributed by atoms with Gasteiger partial charge in [0.15, 0.2) is 0 Å². The van der Waals surface area contributed by atoms with Crippen LogP contribution in [0.2, 0.25) is 0 Å². The van der Waals surface area contributed by atoms with Crippen LogP contribution in [0.4, 0.5) is 0 Å². The number of aromatic amines is 1. The summed E-state index contributed by atoms with van der Waals surface area (Å²) in [5.41, 5.74) is 8.95. The molecule has 4 nitrogen and oxygen atoms in total. The molecule has 0 saturated carbocycles. The van der Waals surface area contributed by atoms with Crippen molar-refractivity contribution in [1.29, 1.82) is 0 Å². The Morgan fingerprint density at radius 2 is 2.12 bits per heavy atom. The van der Waals surface area contributed by atoms with Crippen LogP contribution < -0.4 is 5.73 Å². The van der Waals surface area contributed by atoms with E-state index >= 15 is 0 Å². The van der Waals surface area contributed by atoms with Gasteiger partial charge in [0, 0.05) is 0 Å². The predicted octanol–water partition coefficient (Wildman–Crippen LogP) is 1.85. The van der Waals surface area contributed by atoms with Crippen molar-refractivity contribution in [3.05, 3.63) is 29.6 Å². The maximum absolute atomic E-state index is 9.01. The van der Waals surface area contributed by atoms with Gasteiger partial charge in [-0.2, -0.15) is 0 Å². The topological polar surface area (TPSA) is 74.9 Å². The average Bonchev–Trinajstić information content (AvgIpc) is 2.69. The van der Waals surface area contributed by atoms with Gasteiger partial charge in [-0.3, -0.25) is 0 Å². The average molecular weight is 233 g/mol. The molecule has 0 spiro atoms. The third-order valence-corrected chi connectivity index (χ3v) is 2.91. The fourth-order valence-corrected chi connectivity index (χ4v) is 1.76. The molecular weight excluding hydrogens is 214 g/mol. The van der Waals surface area contributed by atoms with Gasteiger partial charge in [0.25, 0.3) is 0 Å². The molecule has 1 aromatic heterocycles. The molecule has 4 heteroatoms. The number of nitrogens with two attached hydrogens (primary N) is 1. The molecule has 0 radical (unpaired) electrons. The van der Waals surface area contributed by atoms with Gasteiger partial charge in [-0.05, 0) is 23.1 Å². The Kier molecular flexibility index (Phi) is 2.93. The zero-order valence-electron chi connectivity index (χ0n) is 10.5. The van der Waals surface area contributed by atoms with Gasteiger partial charge < -0.3 is 15.8 Å². The maximum atomic E-state index is 9.01. The molecule has 0 aliphatic carbocycles. The van der Waals surface area contributed by atoms with E-state index in [1.807, 2.05) is 6.07 Å². The van der Waals surface area contributed by atoms with Crippen molar-refractivity contribution >= 4 is 11.0 Å². The first-order chi connectivity index (χ1) is 7.91. The third kappa shape index (κ3) is 2.33. The Bertz CT molecular complexity index is 525. The fraction of sp³-hybridized carbons (Fsp3) is 0.462. The fourth-order valence-electron chi connectivity index (χ4n) is 1.76. The number of nitrogens with one attached hydrogen (secondary N) is 1. The SMILES string of the molecule is CC(C)(C)c1ccc2nc(C(N)CO)[nH]c2c1. The van der Waals surface area contributed by atoms with Crippen molar-refractivity contribution < 1.29 is 5.11 Å². The summed E-state index contributed by atoms with van der Waals surface area (Å²) in [6.45, 7) is 6.41. The molecule has 92 valence electrons. The summed E-state index contributed by atoms with van der Waals surface area (Å²) in [7, 11) is 0. The van der Waals surface area contributed by atoms with Crippen LogP contribution in [0.3, 0.4) is 0 Å². The van der Waals surface area contributed by atoms with Crippen molar-refractivity contribution in [2.24, 2.45) is 5.73 Å². The summed E-state index contributed by atoms with van der Waals surface area (Å²) >= 11 is 0. The summed E-state index contributed by atoms with van der Waals surface area (Å²) in [5.74, 6) is 0.633. The zero-order valence-corrected chi connectivity index (χ0v) is 10.5. The number of hydrogen-bond acceptors (Lipinski definition) is 3. The van der Waals surface area contributed by atoms with E-state index in [9.17, 15) is 0 Å². The van der Waals surface area contributed by atoms with Crippen LogP contribution in [0.25, 0.3) is 11.0 Å². The van der Waals surface area contributed by atoms with Crippen LogP contribution in [0, 0.1) is 0 Å². The highest BCUT2D eigenvalue weighted by atomic mass is 16.3. The first kappa shape index (κ1) is 12.1. The smallest absolute Gasteiger partial charge is 0.126 e. The number of aliphatic hydroxyl groups excluding tert-OH is 1. The lowest BCUT2D eigenvalue weighted by Gasteiger charge is -2.18. The summed E-state index contributed by atoms with van der Waals surface area (Å²) in [4.78, 5) is 7.53. The van der Waals surface area contributed by atoms with Gasteiger partial charge in [-0.1, -0.05) is 26.8 Å². The van der Waals surface area contributed by atoms with Crippen LogP contribution >= 0.6 is 0 Å². The molecule has 0 saturated heterocycles. The van der Waals surface area contributed by atoms with Gasteiger partial charge in [0.1, 0.15) is 5.82 Å². The number of H-pyrrole nitrogens is 1. The van der Waals surface area contributed by atoms with E-state index in [-0.39, 0.29) is 12.0 Å². The first-order valence-electron chi connectivity index (χ1n) is 5.78. The quantitative estimate of drug-likeness (QED) is 0.741. The number of nitrogens with zero attached hydrogens (tertiary/aromatic N) is 1. The van der Waals surface area contributed by atoms with E-state index in [2.05, 4.69) is 42.9 Å². The Balaban J connectivity index is 2.48. The van der Waals surface area contributed by atoms with E-state index in [4.69, 9.17) is 10.8 Å². The van der Waals surface area contributed by atoms with E-state index in [1.54, 1.807) is 0 Å². The zero-order chi connectivity index (χ0) is 12.6. The van der Waals surface area contributed by atoms with E-state index < -0.39 is 6.04 Å². The lowest BCUT2D eigenvalue weighted by molar-refractivity contribution is 0.264. The first-order valence-corrected chi connectivity index (χ1v) is 5.78. The molecule has 1 unspecified atom stereocenters. The van der Waals surface area contributed by atoms with Crippen LogP contribution in [0.1, 0.15) is 38.2 Å². The molecule has 4 N–H and O–H groups in total. The number of aliphatic hydroxyl groups is 1. The molecule has 1 atom stereocenters. The second-order valence-corrected chi connectivity index (χ2v) is 5.39. The Hall–Kier alpha value is -1.39. The molecule has 1 heterocycles. The van der Waals surface area contributed by atoms with Crippen molar-refractivity contribution in [3.63, 3.8) is 0 Å². The van der Waals surface area contributed by atoms with Gasteiger partial charge >= 0.3 is 0 Å². The molecule has 0 amide bonds. The molecule has 17 heavy (non-hydrogen) atoms. The van der Waals surface area contributed by atoms with Crippen LogP contribution in [-0.2, 0) is 5.41 Å². The Morgan fingerprint density at radius 3 is 2.71 bits per heavy atom. The van der Waals surface area contributed by atoms with E-state index in [0.29, 0.717) is 5.82 Å². The highest BCUT2D eigenvalue weighted by Gasteiger charge is 2.16. The molecule has 0 fully saturated rings. The molecular formula is C13H19N3O. The summed E-state index contributed by atoms with van der Waals surface area (Å²) in [6, 6.07) is 5.72. The number of fused-ring (bicyclic) bond motifs is 1. The second-order valence-electron chi connectivity index (χ2n) is 5.39. The summed E-state index contributed by atoms with van der Waals surface area (Å²) < 4.78 is 0. The van der Waals surface area contributed by atoms with E-state index in [1.165, 1.54) is 5.56 Å². The second kappa shape index (κ2) is 4.13. The summed E-state index contributed by atoms with van der Waals surface area (Å²) in [5, 5.41) is 9.01. The third-order valence-electron chi connectivity index (χ3n) is 2.91. The van der Waals surface area contributed by atoms with Crippen molar-refractivity contribution in [2.75, 3.05) is 6.61 Å². The summed E-state index contributed by atoms with van der Waals surface area (Å²) in [6.07, 6.45) is 0. The van der Waals surface area contributed by atoms with Crippen LogP contribution in [0.5, 0.6) is 0 Å². The molecule has 2 aromatic rings. The molecule has 0 bridgehead atoms. The molecule has 0 aliphatic rings. The van der Waals surface area contributed by atoms with Crippen molar-refractivity contribution in [3.8, 4) is 0 Å². The molecule has 0 aliphatic heterocycles. The predicted molar refractivity (Wildman–Crippen MR) is 68.8 cm³/mol. The van der Waals surface area contributed by atoms with E-state index in [0.717, 1.165) is 11.0 Å². The highest BCUT2D eigenvalue weighted by molar-refractivity contribution is 5.76. The minimum absolute atomic E-state index is 0.105. The monoisotopic (exact) mass is 233 g/mol. The standard InChI is InChI=1S/C13H19N3O/c1-13(2,3)8-4-5-10-11(6-8)16-12(15-10)9(14)7-17/h4-6,9,17H,7,14H2,1-3H3,(H,15,16). The lowest BCUT2D eigenvalue weighted by Crippen LogP contribution is -2.15. The molecule has 2 rings (SSSR count). The van der Waals surface area contributed by atoms with Crippen molar-refractivity contribution in [2.45, 2.75) is 32.2 Å². The largest absolute Gasteiger partial charge is 0.394 e. The van der Waals surface area contributed by atoms with Crippen LogP contribution in [-0.4, -0.2) is 21.7 Å². The number of imidazole rings is 1. The van der Waals surface area contributed by atoms with Gasteiger partial charge in [-0.15, -0.1) is 0 Å². The minimum atomic E-state index is -0.444. The maximum Gasteiger partial charge on any atom is 0.126 e. The normalized spacial score (nSPS) is 14.2. The number of benzene rings is 1. The number of aromatic nitrogens is 2. The highest BCUT2D eigenvalue weighted by Crippen LogP contribution is 2.25. The number of rotatable bonds is 2. The van der Waals surface area contributed by atoms with Gasteiger partial charge in [0.05, 0.1) is 23.7 Å². The Labute approximate surface area is 101 Å².